The number of aromatic nitrogens is 2. The number of oxazole rings is 1. The zero-order valence-corrected chi connectivity index (χ0v) is 15.7. The molecule has 0 aliphatic rings. The first-order chi connectivity index (χ1) is 14.3. The van der Waals surface area contributed by atoms with E-state index in [1.165, 1.54) is 0 Å². The lowest BCUT2D eigenvalue weighted by atomic mass is 10.1. The molecule has 3 nitrogen and oxygen atoms in total. The molecule has 0 atom stereocenters. The third-order valence-corrected chi connectivity index (χ3v) is 4.79. The third-order valence-electron chi connectivity index (χ3n) is 4.79. The molecule has 0 aliphatic carbocycles. The smallest absolute Gasteiger partial charge is 0.226 e. The molecular weight excluding hydrogens is 356 g/mol. The maximum Gasteiger partial charge on any atom is 0.226 e. The molecular formula is C26H18N2O. The van der Waals surface area contributed by atoms with Crippen LogP contribution in [0, 0.1) is 0 Å². The van der Waals surface area contributed by atoms with Gasteiger partial charge in [0.25, 0.3) is 0 Å². The molecule has 2 aromatic heterocycles. The van der Waals surface area contributed by atoms with Gasteiger partial charge in [-0.3, -0.25) is 0 Å². The lowest BCUT2D eigenvalue weighted by molar-refractivity contribution is 0.589. The first-order valence-corrected chi connectivity index (χ1v) is 9.51. The fourth-order valence-electron chi connectivity index (χ4n) is 3.24. The van der Waals surface area contributed by atoms with Gasteiger partial charge in [0.15, 0.2) is 5.76 Å². The van der Waals surface area contributed by atoms with E-state index in [9.17, 15) is 0 Å². The van der Waals surface area contributed by atoms with E-state index in [-0.39, 0.29) is 0 Å². The molecule has 0 bridgehead atoms. The molecule has 5 rings (SSSR count). The number of benzene rings is 3. The van der Waals surface area contributed by atoms with Crippen molar-refractivity contribution < 1.29 is 4.42 Å². The van der Waals surface area contributed by atoms with Gasteiger partial charge in [0.05, 0.1) is 17.4 Å². The van der Waals surface area contributed by atoms with Crippen LogP contribution < -0.4 is 0 Å². The average molecular weight is 374 g/mol. The Balaban J connectivity index is 1.34. The van der Waals surface area contributed by atoms with Crippen molar-refractivity contribution in [2.24, 2.45) is 0 Å². The van der Waals surface area contributed by atoms with Crippen molar-refractivity contribution in [2.75, 3.05) is 0 Å². The minimum Gasteiger partial charge on any atom is -0.436 e. The van der Waals surface area contributed by atoms with Crippen LogP contribution in [0.2, 0.25) is 0 Å². The summed E-state index contributed by atoms with van der Waals surface area (Å²) in [5.74, 6) is 1.39. The Bertz CT molecular complexity index is 1290. The Morgan fingerprint density at radius 2 is 1.45 bits per heavy atom. The van der Waals surface area contributed by atoms with Crippen LogP contribution >= 0.6 is 0 Å². The zero-order valence-electron chi connectivity index (χ0n) is 15.7. The van der Waals surface area contributed by atoms with Gasteiger partial charge in [-0.2, -0.15) is 0 Å². The third kappa shape index (κ3) is 3.71. The maximum atomic E-state index is 5.93. The molecule has 0 radical (unpaired) electrons. The lowest BCUT2D eigenvalue weighted by Gasteiger charge is -2.00. The summed E-state index contributed by atoms with van der Waals surface area (Å²) in [7, 11) is 0. The molecule has 0 aliphatic heterocycles. The van der Waals surface area contributed by atoms with E-state index in [0.717, 1.165) is 39.0 Å². The summed E-state index contributed by atoms with van der Waals surface area (Å²) in [6, 6.07) is 30.4. The number of hydrogen-bond acceptors (Lipinski definition) is 3. The number of pyridine rings is 1. The minimum absolute atomic E-state index is 0.621. The molecule has 29 heavy (non-hydrogen) atoms. The standard InChI is InChI=1S/C26H18N2O/c1-2-7-21(8-3-1)25-18-27-26(29-25)22-13-10-19(11-14-22)12-16-23-17-15-20-6-4-5-9-24(20)28-23/h1-18H/b16-12+. The van der Waals surface area contributed by atoms with Crippen molar-refractivity contribution in [3.8, 4) is 22.8 Å². The number of para-hydroxylation sites is 1. The molecule has 0 spiro atoms. The van der Waals surface area contributed by atoms with E-state index in [4.69, 9.17) is 4.42 Å². The Morgan fingerprint density at radius 1 is 0.655 bits per heavy atom. The first-order valence-electron chi connectivity index (χ1n) is 9.51. The highest BCUT2D eigenvalue weighted by Crippen LogP contribution is 2.26. The van der Waals surface area contributed by atoms with Gasteiger partial charge < -0.3 is 4.42 Å². The zero-order chi connectivity index (χ0) is 19.5. The summed E-state index contributed by atoms with van der Waals surface area (Å²) in [6.07, 6.45) is 5.86. The second-order valence-corrected chi connectivity index (χ2v) is 6.78. The van der Waals surface area contributed by atoms with Gasteiger partial charge in [-0.05, 0) is 35.9 Å². The van der Waals surface area contributed by atoms with Gasteiger partial charge >= 0.3 is 0 Å². The van der Waals surface area contributed by atoms with E-state index in [0.29, 0.717) is 5.89 Å². The summed E-state index contributed by atoms with van der Waals surface area (Å²) in [4.78, 5) is 9.10. The highest BCUT2D eigenvalue weighted by molar-refractivity contribution is 5.81. The second-order valence-electron chi connectivity index (χ2n) is 6.78. The number of nitrogens with zero attached hydrogens (tertiary/aromatic N) is 2. The summed E-state index contributed by atoms with van der Waals surface area (Å²) >= 11 is 0. The molecule has 5 aromatic rings. The van der Waals surface area contributed by atoms with Crippen LogP contribution in [-0.4, -0.2) is 9.97 Å². The fourth-order valence-corrected chi connectivity index (χ4v) is 3.24. The molecule has 0 N–H and O–H groups in total. The Kier molecular flexibility index (Phi) is 4.47. The summed E-state index contributed by atoms with van der Waals surface area (Å²) in [6.45, 7) is 0. The Hall–Kier alpha value is -3.98. The van der Waals surface area contributed by atoms with Gasteiger partial charge in [0.1, 0.15) is 0 Å². The Labute approximate surface area is 169 Å². The molecule has 0 saturated carbocycles. The van der Waals surface area contributed by atoms with E-state index >= 15 is 0 Å². The monoisotopic (exact) mass is 374 g/mol. The molecule has 0 fully saturated rings. The van der Waals surface area contributed by atoms with Crippen molar-refractivity contribution in [1.29, 1.82) is 0 Å². The quantitative estimate of drug-likeness (QED) is 0.350. The van der Waals surface area contributed by atoms with Gasteiger partial charge in [-0.25, -0.2) is 9.97 Å². The number of hydrogen-bond donors (Lipinski definition) is 0. The lowest BCUT2D eigenvalue weighted by Crippen LogP contribution is -1.82. The molecule has 138 valence electrons. The van der Waals surface area contributed by atoms with Crippen LogP contribution in [-0.2, 0) is 0 Å². The van der Waals surface area contributed by atoms with Crippen molar-refractivity contribution >= 4 is 23.1 Å². The van der Waals surface area contributed by atoms with Crippen LogP contribution in [0.3, 0.4) is 0 Å². The van der Waals surface area contributed by atoms with Crippen molar-refractivity contribution in [3.05, 3.63) is 108 Å². The van der Waals surface area contributed by atoms with Crippen molar-refractivity contribution in [2.45, 2.75) is 0 Å². The maximum absolute atomic E-state index is 5.93. The molecule has 0 saturated heterocycles. The van der Waals surface area contributed by atoms with Gasteiger partial charge in [0.2, 0.25) is 5.89 Å². The molecule has 3 heteroatoms. The van der Waals surface area contributed by atoms with Crippen LogP contribution in [0.15, 0.2) is 102 Å². The minimum atomic E-state index is 0.621. The van der Waals surface area contributed by atoms with Crippen LogP contribution in [0.5, 0.6) is 0 Å². The van der Waals surface area contributed by atoms with E-state index in [2.05, 4.69) is 40.3 Å². The highest BCUT2D eigenvalue weighted by Gasteiger charge is 2.08. The summed E-state index contributed by atoms with van der Waals surface area (Å²) in [5.41, 5.74) is 5.01. The van der Waals surface area contributed by atoms with Crippen LogP contribution in [0.1, 0.15) is 11.3 Å². The molecule has 0 amide bonds. The van der Waals surface area contributed by atoms with E-state index in [1.54, 1.807) is 6.20 Å². The van der Waals surface area contributed by atoms with Crippen LogP contribution in [0.4, 0.5) is 0 Å². The second kappa shape index (κ2) is 7.56. The molecule has 2 heterocycles. The van der Waals surface area contributed by atoms with Gasteiger partial charge in [-0.1, -0.05) is 72.8 Å². The topological polar surface area (TPSA) is 38.9 Å². The average Bonchev–Trinajstić information content (AvgIpc) is 3.29. The molecule has 3 aromatic carbocycles. The SMILES string of the molecule is C(=C\c1ccc2ccccc2n1)/c1ccc(-c2ncc(-c3ccccc3)o2)cc1. The van der Waals surface area contributed by atoms with Gasteiger partial charge in [0, 0.05) is 16.5 Å². The first kappa shape index (κ1) is 17.1. The normalized spacial score (nSPS) is 11.3. The largest absolute Gasteiger partial charge is 0.436 e. The van der Waals surface area contributed by atoms with E-state index < -0.39 is 0 Å². The number of fused-ring (bicyclic) bond motifs is 1. The summed E-state index contributed by atoms with van der Waals surface area (Å²) < 4.78 is 5.93. The summed E-state index contributed by atoms with van der Waals surface area (Å²) in [5, 5.41) is 1.15. The predicted molar refractivity (Wildman–Crippen MR) is 118 cm³/mol. The Morgan fingerprint density at radius 3 is 2.31 bits per heavy atom. The highest BCUT2D eigenvalue weighted by atomic mass is 16.4. The van der Waals surface area contributed by atoms with Crippen molar-refractivity contribution in [3.63, 3.8) is 0 Å². The fraction of sp³-hybridized carbons (Fsp3) is 0. The van der Waals surface area contributed by atoms with Crippen molar-refractivity contribution in [1.82, 2.24) is 9.97 Å². The van der Waals surface area contributed by atoms with Gasteiger partial charge in [-0.15, -0.1) is 0 Å². The van der Waals surface area contributed by atoms with E-state index in [1.807, 2.05) is 72.8 Å². The predicted octanol–water partition coefficient (Wildman–Crippen LogP) is 6.73. The van der Waals surface area contributed by atoms with Crippen LogP contribution in [0.25, 0.3) is 45.8 Å². The number of rotatable bonds is 4. The molecule has 0 unspecified atom stereocenters.